The van der Waals surface area contributed by atoms with E-state index < -0.39 is 0 Å². The van der Waals surface area contributed by atoms with E-state index in [-0.39, 0.29) is 0 Å². The smallest absolute Gasteiger partial charge is 0.111 e. The lowest BCUT2D eigenvalue weighted by Gasteiger charge is -2.10. The summed E-state index contributed by atoms with van der Waals surface area (Å²) in [5, 5.41) is 0. The van der Waals surface area contributed by atoms with Crippen LogP contribution in [0.3, 0.4) is 0 Å². The van der Waals surface area contributed by atoms with Crippen LogP contribution >= 0.6 is 0 Å². The van der Waals surface area contributed by atoms with E-state index in [2.05, 4.69) is 41.6 Å². The zero-order valence-corrected chi connectivity index (χ0v) is 10.7. The number of aryl methyl sites for hydroxylation is 1. The van der Waals surface area contributed by atoms with Gasteiger partial charge in [0.25, 0.3) is 0 Å². The van der Waals surface area contributed by atoms with Gasteiger partial charge in [-0.2, -0.15) is 0 Å². The van der Waals surface area contributed by atoms with Gasteiger partial charge in [-0.25, -0.2) is 4.98 Å². The highest BCUT2D eigenvalue weighted by Gasteiger charge is 2.09. The summed E-state index contributed by atoms with van der Waals surface area (Å²) in [6.45, 7) is 6.20. The van der Waals surface area contributed by atoms with Gasteiger partial charge in [-0.15, -0.1) is 0 Å². The first-order chi connectivity index (χ1) is 8.22. The van der Waals surface area contributed by atoms with Gasteiger partial charge in [-0.3, -0.25) is 0 Å². The van der Waals surface area contributed by atoms with Crippen molar-refractivity contribution in [1.29, 1.82) is 0 Å². The quantitative estimate of drug-likeness (QED) is 0.859. The van der Waals surface area contributed by atoms with Crippen LogP contribution in [0, 0.1) is 5.92 Å². The number of hydrogen-bond acceptors (Lipinski definition) is 2. The molecule has 0 amide bonds. The molecule has 2 N–H and O–H groups in total. The van der Waals surface area contributed by atoms with Crippen molar-refractivity contribution in [2.24, 2.45) is 11.7 Å². The van der Waals surface area contributed by atoms with Crippen molar-refractivity contribution in [1.82, 2.24) is 9.55 Å². The Morgan fingerprint density at radius 3 is 2.76 bits per heavy atom. The number of nitrogens with two attached hydrogens (primary N) is 1. The Balaban J connectivity index is 2.37. The molecule has 3 nitrogen and oxygen atoms in total. The average Bonchev–Trinajstić information content (AvgIpc) is 2.64. The Kier molecular flexibility index (Phi) is 3.79. The van der Waals surface area contributed by atoms with Crippen molar-refractivity contribution in [3.8, 4) is 0 Å². The Morgan fingerprint density at radius 1 is 1.29 bits per heavy atom. The molecule has 2 rings (SSSR count). The average molecular weight is 231 g/mol. The van der Waals surface area contributed by atoms with E-state index in [1.807, 2.05) is 6.07 Å². The highest BCUT2D eigenvalue weighted by molar-refractivity contribution is 5.75. The second-order valence-electron chi connectivity index (χ2n) is 4.89. The van der Waals surface area contributed by atoms with E-state index in [0.717, 1.165) is 24.3 Å². The fourth-order valence-corrected chi connectivity index (χ4v) is 2.08. The van der Waals surface area contributed by atoms with E-state index in [0.29, 0.717) is 12.5 Å². The van der Waals surface area contributed by atoms with Crippen molar-refractivity contribution in [2.75, 3.05) is 6.54 Å². The molecule has 2 aromatic rings. The summed E-state index contributed by atoms with van der Waals surface area (Å²) in [7, 11) is 0. The number of para-hydroxylation sites is 2. The summed E-state index contributed by atoms with van der Waals surface area (Å²) in [5.74, 6) is 1.83. The molecule has 1 heterocycles. The Hall–Kier alpha value is -1.35. The van der Waals surface area contributed by atoms with E-state index in [1.54, 1.807) is 0 Å². The van der Waals surface area contributed by atoms with Crippen LogP contribution in [0.2, 0.25) is 0 Å². The molecule has 3 heteroatoms. The fourth-order valence-electron chi connectivity index (χ4n) is 2.08. The molecule has 1 aromatic carbocycles. The molecule has 0 atom stereocenters. The van der Waals surface area contributed by atoms with E-state index in [1.165, 1.54) is 11.9 Å². The van der Waals surface area contributed by atoms with Gasteiger partial charge in [0.05, 0.1) is 11.0 Å². The van der Waals surface area contributed by atoms with Crippen LogP contribution in [0.5, 0.6) is 0 Å². The molecule has 0 aliphatic rings. The monoisotopic (exact) mass is 231 g/mol. The third kappa shape index (κ3) is 2.67. The van der Waals surface area contributed by atoms with E-state index in [4.69, 9.17) is 5.73 Å². The Labute approximate surface area is 103 Å². The molecule has 0 radical (unpaired) electrons. The zero-order chi connectivity index (χ0) is 12.3. The summed E-state index contributed by atoms with van der Waals surface area (Å²) in [5.41, 5.74) is 7.97. The topological polar surface area (TPSA) is 43.8 Å². The third-order valence-electron chi connectivity index (χ3n) is 3.03. The molecule has 0 aliphatic carbocycles. The highest BCUT2D eigenvalue weighted by atomic mass is 15.1. The summed E-state index contributed by atoms with van der Waals surface area (Å²) < 4.78 is 2.32. The van der Waals surface area contributed by atoms with Gasteiger partial charge in [0.1, 0.15) is 5.82 Å². The van der Waals surface area contributed by atoms with Crippen molar-refractivity contribution < 1.29 is 0 Å². The van der Waals surface area contributed by atoms with Crippen molar-refractivity contribution >= 4 is 11.0 Å². The van der Waals surface area contributed by atoms with Crippen LogP contribution in [-0.4, -0.2) is 16.1 Å². The molecular formula is C14H21N3. The standard InChI is InChI=1S/C14H21N3/c1-11(2)8-10-17-13-6-4-3-5-12(13)16-14(17)7-9-15/h3-6,11H,7-10,15H2,1-2H3. The Bertz CT molecular complexity index is 485. The first-order valence-corrected chi connectivity index (χ1v) is 6.36. The number of rotatable bonds is 5. The minimum atomic E-state index is 0.658. The first-order valence-electron chi connectivity index (χ1n) is 6.36. The van der Waals surface area contributed by atoms with Gasteiger partial charge in [-0.1, -0.05) is 26.0 Å². The normalized spacial score (nSPS) is 11.5. The van der Waals surface area contributed by atoms with Gasteiger partial charge < -0.3 is 10.3 Å². The lowest BCUT2D eigenvalue weighted by Crippen LogP contribution is -2.11. The molecule has 0 fully saturated rings. The molecule has 1 aromatic heterocycles. The maximum atomic E-state index is 5.65. The largest absolute Gasteiger partial charge is 0.330 e. The van der Waals surface area contributed by atoms with Crippen LogP contribution < -0.4 is 5.73 Å². The number of imidazole rings is 1. The second kappa shape index (κ2) is 5.32. The summed E-state index contributed by atoms with van der Waals surface area (Å²) in [4.78, 5) is 4.66. The van der Waals surface area contributed by atoms with Crippen LogP contribution in [-0.2, 0) is 13.0 Å². The van der Waals surface area contributed by atoms with Crippen LogP contribution in [0.1, 0.15) is 26.1 Å². The lowest BCUT2D eigenvalue weighted by molar-refractivity contribution is 0.512. The summed E-state index contributed by atoms with van der Waals surface area (Å²) in [6.07, 6.45) is 2.03. The number of fused-ring (bicyclic) bond motifs is 1. The van der Waals surface area contributed by atoms with Gasteiger partial charge in [0.15, 0.2) is 0 Å². The molecule has 0 bridgehead atoms. The van der Waals surface area contributed by atoms with Gasteiger partial charge >= 0.3 is 0 Å². The number of nitrogens with zero attached hydrogens (tertiary/aromatic N) is 2. The number of aromatic nitrogens is 2. The maximum Gasteiger partial charge on any atom is 0.111 e. The molecule has 0 unspecified atom stereocenters. The van der Waals surface area contributed by atoms with Gasteiger partial charge in [0.2, 0.25) is 0 Å². The van der Waals surface area contributed by atoms with Crippen LogP contribution in [0.25, 0.3) is 11.0 Å². The van der Waals surface area contributed by atoms with Gasteiger partial charge in [0, 0.05) is 13.0 Å². The zero-order valence-electron chi connectivity index (χ0n) is 10.7. The molecule has 0 saturated heterocycles. The second-order valence-corrected chi connectivity index (χ2v) is 4.89. The molecule has 0 aliphatic heterocycles. The molecule has 0 spiro atoms. The third-order valence-corrected chi connectivity index (χ3v) is 3.03. The summed E-state index contributed by atoms with van der Waals surface area (Å²) in [6, 6.07) is 8.32. The number of benzene rings is 1. The predicted molar refractivity (Wildman–Crippen MR) is 71.9 cm³/mol. The maximum absolute atomic E-state index is 5.65. The minimum absolute atomic E-state index is 0.658. The van der Waals surface area contributed by atoms with Crippen LogP contribution in [0.15, 0.2) is 24.3 Å². The van der Waals surface area contributed by atoms with Gasteiger partial charge in [-0.05, 0) is 31.0 Å². The first kappa shape index (κ1) is 12.1. The minimum Gasteiger partial charge on any atom is -0.330 e. The number of hydrogen-bond donors (Lipinski definition) is 1. The summed E-state index contributed by atoms with van der Waals surface area (Å²) >= 11 is 0. The van der Waals surface area contributed by atoms with E-state index >= 15 is 0 Å². The SMILES string of the molecule is CC(C)CCn1c(CCN)nc2ccccc21. The van der Waals surface area contributed by atoms with E-state index in [9.17, 15) is 0 Å². The molecule has 17 heavy (non-hydrogen) atoms. The van der Waals surface area contributed by atoms with Crippen molar-refractivity contribution in [2.45, 2.75) is 33.2 Å². The lowest BCUT2D eigenvalue weighted by atomic mass is 10.1. The molecule has 92 valence electrons. The Morgan fingerprint density at radius 2 is 2.06 bits per heavy atom. The van der Waals surface area contributed by atoms with Crippen molar-refractivity contribution in [3.05, 3.63) is 30.1 Å². The molecular weight excluding hydrogens is 210 g/mol. The molecule has 0 saturated carbocycles. The predicted octanol–water partition coefficient (Wildman–Crippen LogP) is 2.58. The van der Waals surface area contributed by atoms with Crippen LogP contribution in [0.4, 0.5) is 0 Å². The fraction of sp³-hybridized carbons (Fsp3) is 0.500. The highest BCUT2D eigenvalue weighted by Crippen LogP contribution is 2.17. The van der Waals surface area contributed by atoms with Crippen molar-refractivity contribution in [3.63, 3.8) is 0 Å².